The van der Waals surface area contributed by atoms with Crippen molar-refractivity contribution in [2.75, 3.05) is 0 Å². The van der Waals surface area contributed by atoms with Gasteiger partial charge < -0.3 is 5.32 Å². The first-order valence-electron chi connectivity index (χ1n) is 6.23. The van der Waals surface area contributed by atoms with Gasteiger partial charge in [-0.25, -0.2) is 0 Å². The van der Waals surface area contributed by atoms with Crippen LogP contribution in [0, 0.1) is 12.3 Å². The number of pyridine rings is 1. The molecule has 1 aromatic rings. The molecule has 0 radical (unpaired) electrons. The van der Waals surface area contributed by atoms with E-state index in [1.165, 1.54) is 24.8 Å². The van der Waals surface area contributed by atoms with E-state index in [1.807, 2.05) is 12.3 Å². The average Bonchev–Trinajstić information content (AvgIpc) is 2.57. The molecule has 1 aliphatic rings. The van der Waals surface area contributed by atoms with Crippen molar-refractivity contribution in [2.45, 2.75) is 52.6 Å². The maximum Gasteiger partial charge on any atom is 0.0417 e. The Labute approximate surface area is 98.5 Å². The van der Waals surface area contributed by atoms with Crippen LogP contribution in [0.2, 0.25) is 0 Å². The van der Waals surface area contributed by atoms with Crippen molar-refractivity contribution in [3.63, 3.8) is 0 Å². The van der Waals surface area contributed by atoms with E-state index in [1.54, 1.807) is 0 Å². The predicted octanol–water partition coefficient (Wildman–Crippen LogP) is 3.06. The molecule has 1 unspecified atom stereocenters. The lowest BCUT2D eigenvalue weighted by molar-refractivity contribution is 0.282. The Bertz CT molecular complexity index is 358. The van der Waals surface area contributed by atoms with Gasteiger partial charge in [0.15, 0.2) is 0 Å². The zero-order valence-electron chi connectivity index (χ0n) is 10.6. The first-order chi connectivity index (χ1) is 7.59. The number of hydrogen-bond acceptors (Lipinski definition) is 2. The predicted molar refractivity (Wildman–Crippen MR) is 67.2 cm³/mol. The highest BCUT2D eigenvalue weighted by atomic mass is 14.9. The molecule has 1 fully saturated rings. The van der Waals surface area contributed by atoms with Gasteiger partial charge in [0.25, 0.3) is 0 Å². The van der Waals surface area contributed by atoms with Crippen LogP contribution in [0.3, 0.4) is 0 Å². The molecule has 1 N–H and O–H groups in total. The third kappa shape index (κ3) is 2.43. The van der Waals surface area contributed by atoms with Crippen molar-refractivity contribution in [2.24, 2.45) is 5.41 Å². The van der Waals surface area contributed by atoms with Gasteiger partial charge in [0, 0.05) is 24.5 Å². The van der Waals surface area contributed by atoms with Gasteiger partial charge in [0.2, 0.25) is 0 Å². The molecule has 88 valence electrons. The van der Waals surface area contributed by atoms with E-state index in [0.29, 0.717) is 11.5 Å². The molecule has 1 aliphatic carbocycles. The van der Waals surface area contributed by atoms with Crippen molar-refractivity contribution >= 4 is 0 Å². The molecule has 0 amide bonds. The fourth-order valence-corrected chi connectivity index (χ4v) is 2.64. The second-order valence-electron chi connectivity index (χ2n) is 5.56. The topological polar surface area (TPSA) is 24.9 Å². The molecule has 2 rings (SSSR count). The van der Waals surface area contributed by atoms with Gasteiger partial charge in [-0.2, -0.15) is 0 Å². The van der Waals surface area contributed by atoms with Crippen LogP contribution in [-0.2, 0) is 6.54 Å². The standard InChI is InChI=1S/C14H22N2/c1-11-12(6-5-9-15-11)10-16-13-7-4-8-14(13,2)3/h5-6,9,13,16H,4,7-8,10H2,1-3H3. The van der Waals surface area contributed by atoms with Crippen molar-refractivity contribution in [1.82, 2.24) is 10.3 Å². The third-order valence-corrected chi connectivity index (χ3v) is 3.91. The van der Waals surface area contributed by atoms with Gasteiger partial charge in [-0.15, -0.1) is 0 Å². The number of aryl methyl sites for hydroxylation is 1. The first kappa shape index (κ1) is 11.6. The molecule has 1 aromatic heterocycles. The maximum atomic E-state index is 4.32. The van der Waals surface area contributed by atoms with E-state index >= 15 is 0 Å². The normalized spacial score (nSPS) is 23.6. The van der Waals surface area contributed by atoms with E-state index in [4.69, 9.17) is 0 Å². The molecule has 1 saturated carbocycles. The molecule has 0 saturated heterocycles. The number of nitrogens with one attached hydrogen (secondary N) is 1. The van der Waals surface area contributed by atoms with Crippen molar-refractivity contribution in [3.8, 4) is 0 Å². The quantitative estimate of drug-likeness (QED) is 0.843. The molecule has 0 bridgehead atoms. The summed E-state index contributed by atoms with van der Waals surface area (Å²) < 4.78 is 0. The number of hydrogen-bond donors (Lipinski definition) is 1. The smallest absolute Gasteiger partial charge is 0.0417 e. The molecule has 0 aliphatic heterocycles. The summed E-state index contributed by atoms with van der Waals surface area (Å²) in [4.78, 5) is 4.32. The molecule has 16 heavy (non-hydrogen) atoms. The summed E-state index contributed by atoms with van der Waals surface area (Å²) in [6.07, 6.45) is 5.87. The molecular weight excluding hydrogens is 196 g/mol. The van der Waals surface area contributed by atoms with Crippen LogP contribution in [0.25, 0.3) is 0 Å². The molecule has 0 aromatic carbocycles. The molecule has 1 atom stereocenters. The van der Waals surface area contributed by atoms with Crippen LogP contribution in [0.15, 0.2) is 18.3 Å². The summed E-state index contributed by atoms with van der Waals surface area (Å²) >= 11 is 0. The van der Waals surface area contributed by atoms with Gasteiger partial charge >= 0.3 is 0 Å². The van der Waals surface area contributed by atoms with Crippen molar-refractivity contribution in [3.05, 3.63) is 29.6 Å². The minimum atomic E-state index is 0.454. The van der Waals surface area contributed by atoms with Crippen molar-refractivity contribution < 1.29 is 0 Å². The Balaban J connectivity index is 1.95. The van der Waals surface area contributed by atoms with Crippen LogP contribution >= 0.6 is 0 Å². The summed E-state index contributed by atoms with van der Waals surface area (Å²) in [5.74, 6) is 0. The van der Waals surface area contributed by atoms with E-state index < -0.39 is 0 Å². The Morgan fingerprint density at radius 1 is 1.50 bits per heavy atom. The van der Waals surface area contributed by atoms with Crippen LogP contribution in [0.4, 0.5) is 0 Å². The molecule has 2 nitrogen and oxygen atoms in total. The largest absolute Gasteiger partial charge is 0.309 e. The van der Waals surface area contributed by atoms with Gasteiger partial charge in [0.1, 0.15) is 0 Å². The Morgan fingerprint density at radius 3 is 2.94 bits per heavy atom. The van der Waals surface area contributed by atoms with Gasteiger partial charge in [-0.05, 0) is 36.8 Å². The van der Waals surface area contributed by atoms with E-state index in [2.05, 4.69) is 37.1 Å². The second kappa shape index (κ2) is 4.54. The fraction of sp³-hybridized carbons (Fsp3) is 0.643. The monoisotopic (exact) mass is 218 g/mol. The maximum absolute atomic E-state index is 4.32. The Morgan fingerprint density at radius 2 is 2.31 bits per heavy atom. The fourth-order valence-electron chi connectivity index (χ4n) is 2.64. The third-order valence-electron chi connectivity index (χ3n) is 3.91. The highest BCUT2D eigenvalue weighted by Gasteiger charge is 2.33. The number of aromatic nitrogens is 1. The average molecular weight is 218 g/mol. The van der Waals surface area contributed by atoms with Gasteiger partial charge in [-0.3, -0.25) is 4.98 Å². The van der Waals surface area contributed by atoms with Crippen LogP contribution < -0.4 is 5.32 Å². The molecular formula is C14H22N2. The second-order valence-corrected chi connectivity index (χ2v) is 5.56. The molecule has 2 heteroatoms. The van der Waals surface area contributed by atoms with Crippen LogP contribution in [0.5, 0.6) is 0 Å². The van der Waals surface area contributed by atoms with Crippen LogP contribution in [0.1, 0.15) is 44.4 Å². The van der Waals surface area contributed by atoms with Crippen molar-refractivity contribution in [1.29, 1.82) is 0 Å². The van der Waals surface area contributed by atoms with Gasteiger partial charge in [0.05, 0.1) is 0 Å². The first-order valence-corrected chi connectivity index (χ1v) is 6.23. The number of rotatable bonds is 3. The highest BCUT2D eigenvalue weighted by molar-refractivity contribution is 5.18. The number of nitrogens with zero attached hydrogens (tertiary/aromatic N) is 1. The highest BCUT2D eigenvalue weighted by Crippen LogP contribution is 2.37. The Kier molecular flexibility index (Phi) is 3.29. The zero-order chi connectivity index (χ0) is 11.6. The summed E-state index contributed by atoms with van der Waals surface area (Å²) in [5, 5.41) is 3.69. The van der Waals surface area contributed by atoms with Gasteiger partial charge in [-0.1, -0.05) is 26.3 Å². The summed E-state index contributed by atoms with van der Waals surface area (Å²) in [5.41, 5.74) is 2.92. The molecule has 0 spiro atoms. The Hall–Kier alpha value is -0.890. The lowest BCUT2D eigenvalue weighted by Gasteiger charge is -2.28. The lowest BCUT2D eigenvalue weighted by atomic mass is 9.87. The minimum Gasteiger partial charge on any atom is -0.309 e. The minimum absolute atomic E-state index is 0.454. The zero-order valence-corrected chi connectivity index (χ0v) is 10.6. The summed E-state index contributed by atoms with van der Waals surface area (Å²) in [6.45, 7) is 7.77. The van der Waals surface area contributed by atoms with E-state index in [-0.39, 0.29) is 0 Å². The lowest BCUT2D eigenvalue weighted by Crippen LogP contribution is -2.37. The summed E-state index contributed by atoms with van der Waals surface area (Å²) in [6, 6.07) is 4.84. The molecule has 1 heterocycles. The van der Waals surface area contributed by atoms with E-state index in [0.717, 1.165) is 12.2 Å². The van der Waals surface area contributed by atoms with Crippen LogP contribution in [-0.4, -0.2) is 11.0 Å². The SMILES string of the molecule is Cc1ncccc1CNC1CCCC1(C)C. The van der Waals surface area contributed by atoms with E-state index in [9.17, 15) is 0 Å². The summed E-state index contributed by atoms with van der Waals surface area (Å²) in [7, 11) is 0.